The van der Waals surface area contributed by atoms with E-state index >= 15 is 0 Å². The van der Waals surface area contributed by atoms with Crippen LogP contribution in [0.5, 0.6) is 5.88 Å². The third kappa shape index (κ3) is 4.11. The van der Waals surface area contributed by atoms with Crippen LogP contribution in [-0.2, 0) is 10.0 Å². The molecule has 0 aliphatic rings. The van der Waals surface area contributed by atoms with Crippen LogP contribution in [0, 0.1) is 11.6 Å². The molecule has 0 radical (unpaired) electrons. The molecule has 1 N–H and O–H groups in total. The zero-order chi connectivity index (χ0) is 21.1. The van der Waals surface area contributed by atoms with E-state index in [2.05, 4.69) is 20.0 Å². The Hall–Kier alpha value is -3.44. The number of aromatic nitrogens is 4. The van der Waals surface area contributed by atoms with Crippen LogP contribution in [-0.4, -0.2) is 41.4 Å². The van der Waals surface area contributed by atoms with E-state index in [0.717, 1.165) is 17.7 Å². The number of benzene rings is 2. The predicted molar refractivity (Wildman–Crippen MR) is 103 cm³/mol. The number of nitrogens with one attached hydrogen (secondary N) is 1. The maximum Gasteiger partial charge on any atom is 0.243 e. The maximum atomic E-state index is 13.7. The second-order valence-electron chi connectivity index (χ2n) is 6.15. The van der Waals surface area contributed by atoms with Crippen molar-refractivity contribution in [2.75, 3.05) is 13.2 Å². The van der Waals surface area contributed by atoms with E-state index in [1.54, 1.807) is 12.1 Å². The van der Waals surface area contributed by atoms with Crippen molar-refractivity contribution in [3.05, 3.63) is 72.3 Å². The maximum absolute atomic E-state index is 13.7. The highest BCUT2D eigenvalue weighted by atomic mass is 32.2. The summed E-state index contributed by atoms with van der Waals surface area (Å²) in [6.07, 6.45) is 0. The highest BCUT2D eigenvalue weighted by molar-refractivity contribution is 7.89. The molecule has 154 valence electrons. The Morgan fingerprint density at radius 2 is 1.80 bits per heavy atom. The van der Waals surface area contributed by atoms with E-state index in [1.807, 2.05) is 30.3 Å². The van der Waals surface area contributed by atoms with Crippen LogP contribution in [0.3, 0.4) is 0 Å². The summed E-state index contributed by atoms with van der Waals surface area (Å²) >= 11 is 0. The third-order valence-electron chi connectivity index (χ3n) is 4.10. The average molecular weight is 431 g/mol. The van der Waals surface area contributed by atoms with Crippen LogP contribution in [0.1, 0.15) is 0 Å². The molecule has 0 unspecified atom stereocenters. The van der Waals surface area contributed by atoms with Gasteiger partial charge < -0.3 is 4.74 Å². The molecule has 0 fully saturated rings. The number of nitrogens with zero attached hydrogens (tertiary/aromatic N) is 4. The van der Waals surface area contributed by atoms with Gasteiger partial charge in [0.1, 0.15) is 23.1 Å². The largest absolute Gasteiger partial charge is 0.475 e. The molecule has 8 nitrogen and oxygen atoms in total. The summed E-state index contributed by atoms with van der Waals surface area (Å²) < 4.78 is 60.2. The Bertz CT molecular complexity index is 1300. The second kappa shape index (κ2) is 8.13. The average Bonchev–Trinajstić information content (AvgIpc) is 3.15. The van der Waals surface area contributed by atoms with Gasteiger partial charge in [-0.3, -0.25) is 0 Å². The fourth-order valence-electron chi connectivity index (χ4n) is 2.72. The number of ether oxygens (including phenoxy) is 1. The molecular formula is C19H15F2N5O3S. The lowest BCUT2D eigenvalue weighted by Crippen LogP contribution is -2.29. The molecule has 4 rings (SSSR count). The molecule has 2 aromatic carbocycles. The Morgan fingerprint density at radius 1 is 1.00 bits per heavy atom. The Kier molecular flexibility index (Phi) is 5.38. The fraction of sp³-hybridized carbons (Fsp3) is 0.105. The van der Waals surface area contributed by atoms with E-state index in [0.29, 0.717) is 17.5 Å². The lowest BCUT2D eigenvalue weighted by atomic mass is 10.2. The van der Waals surface area contributed by atoms with Crippen molar-refractivity contribution in [3.63, 3.8) is 0 Å². The van der Waals surface area contributed by atoms with Gasteiger partial charge in [-0.05, 0) is 18.2 Å². The minimum absolute atomic E-state index is 0.0661. The van der Waals surface area contributed by atoms with Crippen molar-refractivity contribution in [2.45, 2.75) is 4.90 Å². The van der Waals surface area contributed by atoms with Crippen molar-refractivity contribution in [1.29, 1.82) is 0 Å². The monoisotopic (exact) mass is 431 g/mol. The quantitative estimate of drug-likeness (QED) is 0.452. The number of hydrogen-bond acceptors (Lipinski definition) is 6. The number of halogens is 2. The van der Waals surface area contributed by atoms with Crippen molar-refractivity contribution in [1.82, 2.24) is 24.5 Å². The van der Waals surface area contributed by atoms with Crippen LogP contribution >= 0.6 is 0 Å². The molecule has 2 aromatic heterocycles. The molecule has 0 aliphatic heterocycles. The molecule has 0 saturated carbocycles. The number of sulfonamides is 1. The van der Waals surface area contributed by atoms with Crippen LogP contribution in [0.2, 0.25) is 0 Å². The topological polar surface area (TPSA) is 98.5 Å². The first-order chi connectivity index (χ1) is 14.4. The molecule has 0 atom stereocenters. The first-order valence-electron chi connectivity index (χ1n) is 8.79. The highest BCUT2D eigenvalue weighted by Gasteiger charge is 2.19. The van der Waals surface area contributed by atoms with E-state index in [-0.39, 0.29) is 19.0 Å². The fourth-order valence-corrected chi connectivity index (χ4v) is 3.79. The van der Waals surface area contributed by atoms with Crippen molar-refractivity contribution in [3.8, 4) is 17.3 Å². The van der Waals surface area contributed by atoms with Crippen LogP contribution in [0.15, 0.2) is 65.6 Å². The second-order valence-corrected chi connectivity index (χ2v) is 7.89. The lowest BCUT2D eigenvalue weighted by Gasteiger charge is -2.09. The Balaban J connectivity index is 1.43. The predicted octanol–water partition coefficient (Wildman–Crippen LogP) is 2.43. The summed E-state index contributed by atoms with van der Waals surface area (Å²) in [6, 6.07) is 14.8. The minimum Gasteiger partial charge on any atom is -0.475 e. The zero-order valence-corrected chi connectivity index (χ0v) is 16.2. The molecule has 0 spiro atoms. The number of hydrogen-bond donors (Lipinski definition) is 1. The molecule has 0 amide bonds. The van der Waals surface area contributed by atoms with E-state index < -0.39 is 26.6 Å². The normalized spacial score (nSPS) is 11.7. The summed E-state index contributed by atoms with van der Waals surface area (Å²) in [5, 5.41) is 12.5. The van der Waals surface area contributed by atoms with Crippen LogP contribution < -0.4 is 9.46 Å². The van der Waals surface area contributed by atoms with Gasteiger partial charge in [0.25, 0.3) is 0 Å². The summed E-state index contributed by atoms with van der Waals surface area (Å²) in [6.45, 7) is -0.212. The van der Waals surface area contributed by atoms with E-state index in [9.17, 15) is 17.2 Å². The van der Waals surface area contributed by atoms with Gasteiger partial charge in [0, 0.05) is 24.2 Å². The van der Waals surface area contributed by atoms with Gasteiger partial charge in [0.05, 0.1) is 0 Å². The number of fused-ring (bicyclic) bond motifs is 1. The minimum atomic E-state index is -4.15. The van der Waals surface area contributed by atoms with Gasteiger partial charge in [0.2, 0.25) is 15.9 Å². The van der Waals surface area contributed by atoms with E-state index in [4.69, 9.17) is 4.74 Å². The molecule has 2 heterocycles. The van der Waals surface area contributed by atoms with Crippen LogP contribution in [0.4, 0.5) is 8.78 Å². The van der Waals surface area contributed by atoms with Gasteiger partial charge >= 0.3 is 0 Å². The first-order valence-corrected chi connectivity index (χ1v) is 10.3. The molecule has 11 heteroatoms. The van der Waals surface area contributed by atoms with Crippen molar-refractivity contribution >= 4 is 15.7 Å². The highest BCUT2D eigenvalue weighted by Crippen LogP contribution is 2.19. The van der Waals surface area contributed by atoms with Gasteiger partial charge in [-0.25, -0.2) is 21.9 Å². The smallest absolute Gasteiger partial charge is 0.243 e. The summed E-state index contributed by atoms with van der Waals surface area (Å²) in [5.41, 5.74) is 1.34. The molecule has 30 heavy (non-hydrogen) atoms. The SMILES string of the molecule is O=S(=O)(NCCOc1ccc2nnc(-c3ccccc3)n2n1)c1ccc(F)cc1F. The Morgan fingerprint density at radius 3 is 2.57 bits per heavy atom. The molecule has 0 saturated heterocycles. The number of rotatable bonds is 7. The summed E-state index contributed by atoms with van der Waals surface area (Å²) in [7, 11) is -4.15. The van der Waals surface area contributed by atoms with E-state index in [1.165, 1.54) is 4.52 Å². The molecule has 4 aromatic rings. The van der Waals surface area contributed by atoms with Gasteiger partial charge in [0.15, 0.2) is 11.5 Å². The van der Waals surface area contributed by atoms with Gasteiger partial charge in [-0.15, -0.1) is 15.3 Å². The van der Waals surface area contributed by atoms with Gasteiger partial charge in [-0.1, -0.05) is 30.3 Å². The summed E-state index contributed by atoms with van der Waals surface area (Å²) in [4.78, 5) is -0.638. The van der Waals surface area contributed by atoms with Crippen molar-refractivity contribution < 1.29 is 21.9 Å². The molecule has 0 bridgehead atoms. The molecule has 0 aliphatic carbocycles. The third-order valence-corrected chi connectivity index (χ3v) is 5.59. The summed E-state index contributed by atoms with van der Waals surface area (Å²) in [5.74, 6) is -1.27. The van der Waals surface area contributed by atoms with Crippen molar-refractivity contribution in [2.24, 2.45) is 0 Å². The lowest BCUT2D eigenvalue weighted by molar-refractivity contribution is 0.306. The standard InChI is InChI=1S/C19H15F2N5O3S/c20-14-6-7-16(15(21)12-14)30(27,28)22-10-11-29-18-9-8-17-23-24-19(26(17)25-18)13-4-2-1-3-5-13/h1-9,12,22H,10-11H2. The Labute approximate surface area is 170 Å². The molecular weight excluding hydrogens is 416 g/mol. The van der Waals surface area contributed by atoms with Crippen LogP contribution in [0.25, 0.3) is 17.0 Å². The zero-order valence-electron chi connectivity index (χ0n) is 15.4. The van der Waals surface area contributed by atoms with Gasteiger partial charge in [-0.2, -0.15) is 4.52 Å². The first kappa shape index (κ1) is 19.9.